The number of phenolic OH excluding ortho intramolecular Hbond substituents is 2. The zero-order valence-electron chi connectivity index (χ0n) is 10.0. The predicted molar refractivity (Wildman–Crippen MR) is 69.8 cm³/mol. The molecule has 1 heterocycles. The average Bonchev–Trinajstić information content (AvgIpc) is 3.23. The lowest BCUT2D eigenvalue weighted by atomic mass is 10.0. The Morgan fingerprint density at radius 3 is 2.06 bits per heavy atom. The maximum atomic E-state index is 9.58. The van der Waals surface area contributed by atoms with E-state index in [-0.39, 0.29) is 5.75 Å². The highest BCUT2D eigenvalue weighted by atomic mass is 16.6. The van der Waals surface area contributed by atoms with Crippen LogP contribution in [0.4, 0.5) is 0 Å². The number of ether oxygens (including phenoxy) is 1. The van der Waals surface area contributed by atoms with Gasteiger partial charge in [-0.25, -0.2) is 0 Å². The van der Waals surface area contributed by atoms with Crippen molar-refractivity contribution in [3.8, 4) is 11.5 Å². The van der Waals surface area contributed by atoms with Gasteiger partial charge in [-0.2, -0.15) is 0 Å². The second-order valence-electron chi connectivity index (χ2n) is 4.08. The Balaban J connectivity index is 0.000000350. The topological polar surface area (TPSA) is 53.0 Å². The summed E-state index contributed by atoms with van der Waals surface area (Å²) < 4.78 is 4.50. The third-order valence-electron chi connectivity index (χ3n) is 2.53. The molecule has 0 atom stereocenters. The van der Waals surface area contributed by atoms with E-state index >= 15 is 0 Å². The van der Waals surface area contributed by atoms with E-state index in [2.05, 4.69) is 4.74 Å². The fourth-order valence-electron chi connectivity index (χ4n) is 1.49. The van der Waals surface area contributed by atoms with Crippen molar-refractivity contribution in [1.29, 1.82) is 0 Å². The van der Waals surface area contributed by atoms with E-state index in [9.17, 15) is 5.11 Å². The molecule has 0 amide bonds. The van der Waals surface area contributed by atoms with Gasteiger partial charge in [0.15, 0.2) is 0 Å². The highest BCUT2D eigenvalue weighted by Crippen LogP contribution is 2.20. The fourth-order valence-corrected chi connectivity index (χ4v) is 1.49. The van der Waals surface area contributed by atoms with Gasteiger partial charge in [-0.15, -0.1) is 0 Å². The van der Waals surface area contributed by atoms with E-state index < -0.39 is 0 Å². The summed E-state index contributed by atoms with van der Waals surface area (Å²) in [7, 11) is 0. The maximum absolute atomic E-state index is 9.58. The molecule has 94 valence electrons. The van der Waals surface area contributed by atoms with Crippen LogP contribution in [0.15, 0.2) is 48.5 Å². The van der Waals surface area contributed by atoms with E-state index in [1.807, 2.05) is 24.3 Å². The van der Waals surface area contributed by atoms with E-state index in [4.69, 9.17) is 5.11 Å². The zero-order chi connectivity index (χ0) is 12.8. The molecule has 0 saturated carbocycles. The quantitative estimate of drug-likeness (QED) is 0.799. The van der Waals surface area contributed by atoms with Gasteiger partial charge in [0.2, 0.25) is 0 Å². The molecule has 0 spiro atoms. The molecular weight excluding hydrogens is 228 g/mol. The van der Waals surface area contributed by atoms with Crippen molar-refractivity contribution < 1.29 is 14.9 Å². The molecule has 0 aromatic heterocycles. The number of para-hydroxylation sites is 1. The Morgan fingerprint density at radius 2 is 1.50 bits per heavy atom. The van der Waals surface area contributed by atoms with Crippen LogP contribution in [-0.2, 0) is 11.2 Å². The van der Waals surface area contributed by atoms with Crippen LogP contribution in [0.5, 0.6) is 11.5 Å². The first kappa shape index (κ1) is 12.5. The molecule has 2 aromatic rings. The van der Waals surface area contributed by atoms with Crippen LogP contribution < -0.4 is 0 Å². The van der Waals surface area contributed by atoms with Gasteiger partial charge >= 0.3 is 0 Å². The van der Waals surface area contributed by atoms with Gasteiger partial charge in [-0.1, -0.05) is 30.3 Å². The summed E-state index contributed by atoms with van der Waals surface area (Å²) in [5.41, 5.74) is 1.96. The van der Waals surface area contributed by atoms with E-state index in [1.54, 1.807) is 24.3 Å². The molecule has 0 unspecified atom stereocenters. The minimum absolute atomic E-state index is 0.260. The number of rotatable bonds is 2. The Hall–Kier alpha value is -2.00. The van der Waals surface area contributed by atoms with Gasteiger partial charge in [0.1, 0.15) is 11.5 Å². The number of benzene rings is 2. The molecule has 18 heavy (non-hydrogen) atoms. The van der Waals surface area contributed by atoms with E-state index in [0.717, 1.165) is 24.3 Å². The van der Waals surface area contributed by atoms with Crippen molar-refractivity contribution in [3.05, 3.63) is 59.7 Å². The van der Waals surface area contributed by atoms with Crippen molar-refractivity contribution in [2.45, 2.75) is 6.42 Å². The molecule has 0 aliphatic carbocycles. The molecular formula is C15H16O3. The first-order valence-corrected chi connectivity index (χ1v) is 5.88. The first-order chi connectivity index (χ1) is 8.75. The molecule has 1 saturated heterocycles. The first-order valence-electron chi connectivity index (χ1n) is 5.88. The lowest BCUT2D eigenvalue weighted by molar-refractivity contribution is 0.469. The van der Waals surface area contributed by atoms with E-state index in [1.165, 1.54) is 0 Å². The molecule has 1 aliphatic heterocycles. The molecule has 3 rings (SSSR count). The Labute approximate surface area is 106 Å². The number of hydrogen-bond acceptors (Lipinski definition) is 3. The lowest BCUT2D eigenvalue weighted by Gasteiger charge is -2.04. The Bertz CT molecular complexity index is 487. The second kappa shape index (κ2) is 6.07. The highest BCUT2D eigenvalue weighted by molar-refractivity contribution is 5.37. The molecule has 2 aromatic carbocycles. The van der Waals surface area contributed by atoms with Crippen LogP contribution in [0.2, 0.25) is 0 Å². The van der Waals surface area contributed by atoms with Crippen LogP contribution in [0.1, 0.15) is 11.1 Å². The largest absolute Gasteiger partial charge is 0.508 e. The molecule has 3 nitrogen and oxygen atoms in total. The summed E-state index contributed by atoms with van der Waals surface area (Å²) >= 11 is 0. The molecule has 3 heteroatoms. The van der Waals surface area contributed by atoms with Crippen molar-refractivity contribution >= 4 is 0 Å². The summed E-state index contributed by atoms with van der Waals surface area (Å²) in [6.07, 6.45) is 0.674. The predicted octanol–water partition coefficient (Wildman–Crippen LogP) is 2.71. The summed E-state index contributed by atoms with van der Waals surface area (Å²) in [6, 6.07) is 14.3. The zero-order valence-corrected chi connectivity index (χ0v) is 10.0. The van der Waals surface area contributed by atoms with Gasteiger partial charge < -0.3 is 14.9 Å². The number of epoxide rings is 1. The van der Waals surface area contributed by atoms with Gasteiger partial charge in [0.05, 0.1) is 13.2 Å². The van der Waals surface area contributed by atoms with Crippen LogP contribution in [0.25, 0.3) is 0 Å². The normalized spacial score (nSPS) is 12.4. The van der Waals surface area contributed by atoms with Gasteiger partial charge in [0.25, 0.3) is 0 Å². The van der Waals surface area contributed by atoms with Gasteiger partial charge in [-0.3, -0.25) is 0 Å². The van der Waals surface area contributed by atoms with Crippen molar-refractivity contribution in [1.82, 2.24) is 0 Å². The van der Waals surface area contributed by atoms with E-state index in [0.29, 0.717) is 12.2 Å². The maximum Gasteiger partial charge on any atom is 0.119 e. The van der Waals surface area contributed by atoms with Crippen molar-refractivity contribution in [2.75, 3.05) is 13.2 Å². The van der Waals surface area contributed by atoms with Gasteiger partial charge in [-0.05, 0) is 29.3 Å². The molecule has 2 N–H and O–H groups in total. The lowest BCUT2D eigenvalue weighted by Crippen LogP contribution is -1.87. The molecule has 0 radical (unpaired) electrons. The van der Waals surface area contributed by atoms with Crippen LogP contribution in [0.3, 0.4) is 0 Å². The number of phenols is 2. The van der Waals surface area contributed by atoms with Crippen LogP contribution in [0, 0.1) is 0 Å². The molecule has 1 aliphatic rings. The van der Waals surface area contributed by atoms with Gasteiger partial charge in [0, 0.05) is 6.42 Å². The minimum Gasteiger partial charge on any atom is -0.508 e. The third-order valence-corrected chi connectivity index (χ3v) is 2.53. The minimum atomic E-state index is 0.260. The summed E-state index contributed by atoms with van der Waals surface area (Å²) in [6.45, 7) is 2.00. The van der Waals surface area contributed by atoms with Crippen molar-refractivity contribution in [3.63, 3.8) is 0 Å². The SMILES string of the molecule is C1CO1.Oc1ccc(Cc2ccccc2O)cc1. The van der Waals surface area contributed by atoms with Crippen molar-refractivity contribution in [2.24, 2.45) is 0 Å². The number of aromatic hydroxyl groups is 2. The standard InChI is InChI=1S/C13H12O2.C2H4O/c14-12-7-5-10(6-8-12)9-11-3-1-2-4-13(11)15;1-2-3-1/h1-8,14-15H,9H2;1-2H2. The fraction of sp³-hybridized carbons (Fsp3) is 0.200. The molecule has 1 fully saturated rings. The Morgan fingerprint density at radius 1 is 0.889 bits per heavy atom. The summed E-state index contributed by atoms with van der Waals surface area (Å²) in [5, 5.41) is 18.7. The monoisotopic (exact) mass is 244 g/mol. The number of hydrogen-bond donors (Lipinski definition) is 2. The Kier molecular flexibility index (Phi) is 4.20. The van der Waals surface area contributed by atoms with Crippen LogP contribution in [-0.4, -0.2) is 23.4 Å². The second-order valence-corrected chi connectivity index (χ2v) is 4.08. The summed E-state index contributed by atoms with van der Waals surface area (Å²) in [4.78, 5) is 0. The molecule has 0 bridgehead atoms. The highest BCUT2D eigenvalue weighted by Gasteiger charge is 2.00. The summed E-state index contributed by atoms with van der Waals surface area (Å²) in [5.74, 6) is 0.571. The smallest absolute Gasteiger partial charge is 0.119 e. The average molecular weight is 244 g/mol. The van der Waals surface area contributed by atoms with Crippen LogP contribution >= 0.6 is 0 Å². The third kappa shape index (κ3) is 4.11.